The standard InChI is InChI=1S/C14H26N4/c1-5-18(10-6-9-17(3)4)13-7-8-14(12(2)15)16-11-13/h7-8,11-12H,5-6,9-10,15H2,1-4H3/t12-/m1/s1. The first kappa shape index (κ1) is 14.9. The van der Waals surface area contributed by atoms with Crippen LogP contribution in [0.15, 0.2) is 18.3 Å². The first-order valence-electron chi connectivity index (χ1n) is 6.65. The van der Waals surface area contributed by atoms with Crippen LogP contribution < -0.4 is 10.6 Å². The molecule has 0 unspecified atom stereocenters. The highest BCUT2D eigenvalue weighted by Crippen LogP contribution is 2.15. The summed E-state index contributed by atoms with van der Waals surface area (Å²) in [5.74, 6) is 0. The van der Waals surface area contributed by atoms with E-state index in [0.717, 1.165) is 31.7 Å². The summed E-state index contributed by atoms with van der Waals surface area (Å²) in [5.41, 5.74) is 7.93. The molecule has 1 aromatic heterocycles. The zero-order valence-electron chi connectivity index (χ0n) is 12.1. The second kappa shape index (κ2) is 7.34. The number of hydrogen-bond acceptors (Lipinski definition) is 4. The van der Waals surface area contributed by atoms with E-state index < -0.39 is 0 Å². The van der Waals surface area contributed by atoms with Gasteiger partial charge < -0.3 is 15.5 Å². The fraction of sp³-hybridized carbons (Fsp3) is 0.643. The molecule has 1 atom stereocenters. The Balaban J connectivity index is 2.58. The summed E-state index contributed by atoms with van der Waals surface area (Å²) >= 11 is 0. The largest absolute Gasteiger partial charge is 0.371 e. The lowest BCUT2D eigenvalue weighted by molar-refractivity contribution is 0.400. The van der Waals surface area contributed by atoms with Crippen LogP contribution in [0.5, 0.6) is 0 Å². The number of nitrogens with two attached hydrogens (primary N) is 1. The summed E-state index contributed by atoms with van der Waals surface area (Å²) in [4.78, 5) is 8.98. The molecule has 0 aliphatic rings. The van der Waals surface area contributed by atoms with E-state index in [-0.39, 0.29) is 6.04 Å². The summed E-state index contributed by atoms with van der Waals surface area (Å²) in [6, 6.07) is 4.14. The molecule has 0 aliphatic carbocycles. The zero-order chi connectivity index (χ0) is 13.5. The van der Waals surface area contributed by atoms with E-state index in [2.05, 4.69) is 41.9 Å². The highest BCUT2D eigenvalue weighted by atomic mass is 15.1. The molecule has 0 bridgehead atoms. The van der Waals surface area contributed by atoms with Crippen LogP contribution in [0.4, 0.5) is 5.69 Å². The molecule has 0 aromatic carbocycles. The second-order valence-corrected chi connectivity index (χ2v) is 4.97. The average Bonchev–Trinajstić information content (AvgIpc) is 2.34. The Bertz CT molecular complexity index is 332. The number of hydrogen-bond donors (Lipinski definition) is 1. The topological polar surface area (TPSA) is 45.4 Å². The van der Waals surface area contributed by atoms with Crippen molar-refractivity contribution in [2.24, 2.45) is 5.73 Å². The molecule has 0 amide bonds. The van der Waals surface area contributed by atoms with Crippen molar-refractivity contribution in [3.63, 3.8) is 0 Å². The van der Waals surface area contributed by atoms with Gasteiger partial charge in [0.2, 0.25) is 0 Å². The molecule has 18 heavy (non-hydrogen) atoms. The lowest BCUT2D eigenvalue weighted by atomic mass is 10.2. The molecule has 2 N–H and O–H groups in total. The number of anilines is 1. The summed E-state index contributed by atoms with van der Waals surface area (Å²) in [6.07, 6.45) is 3.09. The van der Waals surface area contributed by atoms with Gasteiger partial charge in [-0.3, -0.25) is 4.98 Å². The number of pyridine rings is 1. The van der Waals surface area contributed by atoms with Crippen molar-refractivity contribution < 1.29 is 0 Å². The van der Waals surface area contributed by atoms with Gasteiger partial charge in [-0.1, -0.05) is 0 Å². The first-order valence-corrected chi connectivity index (χ1v) is 6.65. The predicted octanol–water partition coefficient (Wildman–Crippen LogP) is 1.88. The fourth-order valence-electron chi connectivity index (χ4n) is 1.90. The molecule has 1 aromatic rings. The molecule has 0 fully saturated rings. The third kappa shape index (κ3) is 4.63. The van der Waals surface area contributed by atoms with Crippen LogP contribution in [0.25, 0.3) is 0 Å². The van der Waals surface area contributed by atoms with Gasteiger partial charge in [-0.25, -0.2) is 0 Å². The molecule has 0 spiro atoms. The normalized spacial score (nSPS) is 12.8. The maximum atomic E-state index is 5.80. The van der Waals surface area contributed by atoms with Crippen LogP contribution in [0.2, 0.25) is 0 Å². The highest BCUT2D eigenvalue weighted by Gasteiger charge is 2.06. The van der Waals surface area contributed by atoms with E-state index >= 15 is 0 Å². The van der Waals surface area contributed by atoms with E-state index in [1.165, 1.54) is 5.69 Å². The molecule has 102 valence electrons. The van der Waals surface area contributed by atoms with Gasteiger partial charge in [0.05, 0.1) is 17.6 Å². The monoisotopic (exact) mass is 250 g/mol. The molecule has 1 heterocycles. The zero-order valence-corrected chi connectivity index (χ0v) is 12.1. The van der Waals surface area contributed by atoms with Crippen molar-refractivity contribution in [3.8, 4) is 0 Å². The van der Waals surface area contributed by atoms with Gasteiger partial charge in [-0.15, -0.1) is 0 Å². The Labute approximate surface area is 111 Å². The Morgan fingerprint density at radius 3 is 2.44 bits per heavy atom. The minimum atomic E-state index is 0.00266. The Morgan fingerprint density at radius 2 is 2.00 bits per heavy atom. The molecule has 0 saturated carbocycles. The van der Waals surface area contributed by atoms with Gasteiger partial charge in [-0.2, -0.15) is 0 Å². The van der Waals surface area contributed by atoms with Crippen LogP contribution in [0, 0.1) is 0 Å². The Kier molecular flexibility index (Phi) is 6.09. The SMILES string of the molecule is CCN(CCCN(C)C)c1ccc([C@@H](C)N)nc1. The Hall–Kier alpha value is -1.13. The Morgan fingerprint density at radius 1 is 1.28 bits per heavy atom. The highest BCUT2D eigenvalue weighted by molar-refractivity contribution is 5.44. The summed E-state index contributed by atoms with van der Waals surface area (Å²) in [6.45, 7) is 7.31. The summed E-state index contributed by atoms with van der Waals surface area (Å²) in [7, 11) is 4.21. The van der Waals surface area contributed by atoms with Crippen molar-refractivity contribution >= 4 is 5.69 Å². The van der Waals surface area contributed by atoms with Gasteiger partial charge >= 0.3 is 0 Å². The molecular weight excluding hydrogens is 224 g/mol. The van der Waals surface area contributed by atoms with Gasteiger partial charge in [-0.05, 0) is 53.0 Å². The molecule has 4 heteroatoms. The van der Waals surface area contributed by atoms with Gasteiger partial charge in [0.1, 0.15) is 0 Å². The fourth-order valence-corrected chi connectivity index (χ4v) is 1.90. The summed E-state index contributed by atoms with van der Waals surface area (Å²) < 4.78 is 0. The molecule has 1 rings (SSSR count). The molecule has 4 nitrogen and oxygen atoms in total. The minimum Gasteiger partial charge on any atom is -0.371 e. The lowest BCUT2D eigenvalue weighted by Crippen LogP contribution is -2.27. The molecular formula is C14H26N4. The maximum absolute atomic E-state index is 5.80. The van der Waals surface area contributed by atoms with Gasteiger partial charge in [0, 0.05) is 19.1 Å². The van der Waals surface area contributed by atoms with Gasteiger partial charge in [0.25, 0.3) is 0 Å². The minimum absolute atomic E-state index is 0.00266. The number of rotatable bonds is 7. The van der Waals surface area contributed by atoms with E-state index in [4.69, 9.17) is 5.73 Å². The number of aromatic nitrogens is 1. The molecule has 0 aliphatic heterocycles. The van der Waals surface area contributed by atoms with Crippen LogP contribution in [-0.2, 0) is 0 Å². The van der Waals surface area contributed by atoms with E-state index in [9.17, 15) is 0 Å². The smallest absolute Gasteiger partial charge is 0.0569 e. The van der Waals surface area contributed by atoms with E-state index in [1.807, 2.05) is 19.2 Å². The van der Waals surface area contributed by atoms with Crippen LogP contribution >= 0.6 is 0 Å². The van der Waals surface area contributed by atoms with Crippen molar-refractivity contribution in [1.82, 2.24) is 9.88 Å². The van der Waals surface area contributed by atoms with Crippen LogP contribution in [0.1, 0.15) is 32.0 Å². The quantitative estimate of drug-likeness (QED) is 0.802. The number of nitrogens with zero attached hydrogens (tertiary/aromatic N) is 3. The summed E-state index contributed by atoms with van der Waals surface area (Å²) in [5, 5.41) is 0. The van der Waals surface area contributed by atoms with Crippen LogP contribution in [-0.4, -0.2) is 43.6 Å². The molecule has 0 saturated heterocycles. The van der Waals surface area contributed by atoms with Crippen molar-refractivity contribution in [2.45, 2.75) is 26.3 Å². The van der Waals surface area contributed by atoms with E-state index in [1.54, 1.807) is 0 Å². The van der Waals surface area contributed by atoms with Crippen LogP contribution in [0.3, 0.4) is 0 Å². The lowest BCUT2D eigenvalue weighted by Gasteiger charge is -2.24. The average molecular weight is 250 g/mol. The molecule has 0 radical (unpaired) electrons. The predicted molar refractivity (Wildman–Crippen MR) is 77.9 cm³/mol. The van der Waals surface area contributed by atoms with E-state index in [0.29, 0.717) is 0 Å². The van der Waals surface area contributed by atoms with Gasteiger partial charge in [0.15, 0.2) is 0 Å². The van der Waals surface area contributed by atoms with Crippen molar-refractivity contribution in [1.29, 1.82) is 0 Å². The van der Waals surface area contributed by atoms with Crippen molar-refractivity contribution in [2.75, 3.05) is 38.6 Å². The maximum Gasteiger partial charge on any atom is 0.0569 e. The van der Waals surface area contributed by atoms with Crippen molar-refractivity contribution in [3.05, 3.63) is 24.0 Å². The second-order valence-electron chi connectivity index (χ2n) is 4.97. The third-order valence-electron chi connectivity index (χ3n) is 3.02. The first-order chi connectivity index (χ1) is 8.54. The third-order valence-corrected chi connectivity index (χ3v) is 3.02.